The zero-order valence-corrected chi connectivity index (χ0v) is 4.25. The van der Waals surface area contributed by atoms with Crippen LogP contribution >= 0.6 is 0 Å². The van der Waals surface area contributed by atoms with Crippen LogP contribution in [-0.2, 0) is 0 Å². The second-order valence-electron chi connectivity index (χ2n) is 0.789. The van der Waals surface area contributed by atoms with E-state index in [2.05, 4.69) is 28.2 Å². The number of allylic oxidation sites excluding steroid dienone is 2. The summed E-state index contributed by atoms with van der Waals surface area (Å²) in [6, 6.07) is 0. The Morgan fingerprint density at radius 2 is 1.75 bits per heavy atom. The number of hydrogen-bond acceptors (Lipinski definition) is 0. The Balaban J connectivity index is 2.80. The first-order valence-electron chi connectivity index (χ1n) is 1.16. The summed E-state index contributed by atoms with van der Waals surface area (Å²) in [6.07, 6.45) is 4.17. The van der Waals surface area contributed by atoms with Crippen molar-refractivity contribution in [3.05, 3.63) is 12.2 Å². The van der Waals surface area contributed by atoms with E-state index in [1.165, 1.54) is 4.35 Å². The summed E-state index contributed by atoms with van der Waals surface area (Å²) in [5.41, 5.74) is 0. The fourth-order valence-electron chi connectivity index (χ4n) is 0.0417. The standard InChI is InChI=1S/C3H2Ge/c4-3-1-2-3/h1-2H. The van der Waals surface area contributed by atoms with E-state index in [9.17, 15) is 0 Å². The average molecular weight is 111 g/mol. The van der Waals surface area contributed by atoms with Crippen LogP contribution in [0.2, 0.25) is 0 Å². The van der Waals surface area contributed by atoms with Gasteiger partial charge < -0.3 is 0 Å². The number of rotatable bonds is 0. The summed E-state index contributed by atoms with van der Waals surface area (Å²) >= 11 is 2.08. The molecule has 0 nitrogen and oxygen atoms in total. The molecule has 0 spiro atoms. The zero-order chi connectivity index (χ0) is 2.99. The van der Waals surface area contributed by atoms with Crippen molar-refractivity contribution in [1.82, 2.24) is 0 Å². The van der Waals surface area contributed by atoms with Gasteiger partial charge in [0.15, 0.2) is 0 Å². The third-order valence-electron chi connectivity index (χ3n) is 0.333. The molecule has 0 aromatic carbocycles. The Kier molecular flexibility index (Phi) is 0.329. The second kappa shape index (κ2) is 0.550. The Labute approximate surface area is 33.3 Å². The normalized spacial score (nSPS) is 17.5. The van der Waals surface area contributed by atoms with Crippen molar-refractivity contribution in [2.45, 2.75) is 0 Å². The van der Waals surface area contributed by atoms with Gasteiger partial charge in [0.1, 0.15) is 0 Å². The molecular formula is C3H2Ge. The second-order valence-corrected chi connectivity index (χ2v) is 2.00. The molecule has 18 valence electrons. The molecule has 1 heteroatoms. The fourth-order valence-corrected chi connectivity index (χ4v) is 0.217. The van der Waals surface area contributed by atoms with Crippen molar-refractivity contribution < 1.29 is 0 Å². The molecule has 1 aliphatic carbocycles. The molecule has 0 aliphatic heterocycles. The Bertz CT molecular complexity index is 63.4. The molecule has 0 atom stereocenters. The molecule has 0 unspecified atom stereocenters. The number of hydrogen-bond donors (Lipinski definition) is 0. The zero-order valence-electron chi connectivity index (χ0n) is 2.15. The third kappa shape index (κ3) is 0.288. The van der Waals surface area contributed by atoms with Crippen LogP contribution in [0.3, 0.4) is 0 Å². The molecule has 0 aromatic heterocycles. The molecule has 0 N–H and O–H groups in total. The molecule has 0 bridgehead atoms. The topological polar surface area (TPSA) is 0 Å². The van der Waals surface area contributed by atoms with Crippen molar-refractivity contribution in [3.8, 4) is 0 Å². The SMILES string of the molecule is [Ge]=[C]1C=C1. The maximum absolute atomic E-state index is 2.08. The predicted octanol–water partition coefficient (Wildman–Crippen LogP) is -0.103. The van der Waals surface area contributed by atoms with Gasteiger partial charge in [-0.3, -0.25) is 0 Å². The van der Waals surface area contributed by atoms with E-state index in [0.717, 1.165) is 0 Å². The summed E-state index contributed by atoms with van der Waals surface area (Å²) in [6.45, 7) is 0. The van der Waals surface area contributed by atoms with Crippen LogP contribution in [-0.4, -0.2) is 20.4 Å². The molecule has 0 saturated carbocycles. The molecule has 2 radical (unpaired) electrons. The molecule has 0 fully saturated rings. The Morgan fingerprint density at radius 1 is 1.50 bits per heavy atom. The molecule has 0 saturated heterocycles. The van der Waals surface area contributed by atoms with Crippen molar-refractivity contribution in [2.24, 2.45) is 0 Å². The van der Waals surface area contributed by atoms with E-state index >= 15 is 0 Å². The molecule has 1 aliphatic rings. The van der Waals surface area contributed by atoms with Gasteiger partial charge in [0, 0.05) is 0 Å². The molecule has 0 heterocycles. The van der Waals surface area contributed by atoms with Gasteiger partial charge in [-0.15, -0.1) is 0 Å². The summed E-state index contributed by atoms with van der Waals surface area (Å²) in [7, 11) is 0. The van der Waals surface area contributed by atoms with Crippen LogP contribution in [0.25, 0.3) is 0 Å². The van der Waals surface area contributed by atoms with Gasteiger partial charge in [-0.05, 0) is 0 Å². The molecule has 0 aromatic rings. The quantitative estimate of drug-likeness (QED) is 0.382. The van der Waals surface area contributed by atoms with Gasteiger partial charge >= 0.3 is 32.6 Å². The van der Waals surface area contributed by atoms with Crippen LogP contribution in [0, 0.1) is 0 Å². The van der Waals surface area contributed by atoms with Gasteiger partial charge in [-0.25, -0.2) is 0 Å². The monoisotopic (exact) mass is 112 g/mol. The van der Waals surface area contributed by atoms with E-state index in [4.69, 9.17) is 0 Å². The van der Waals surface area contributed by atoms with E-state index in [1.54, 1.807) is 0 Å². The van der Waals surface area contributed by atoms with Crippen LogP contribution < -0.4 is 0 Å². The van der Waals surface area contributed by atoms with Crippen LogP contribution in [0.1, 0.15) is 0 Å². The molecule has 1 rings (SSSR count). The first-order valence-corrected chi connectivity index (χ1v) is 2.21. The van der Waals surface area contributed by atoms with E-state index in [1.807, 2.05) is 0 Å². The van der Waals surface area contributed by atoms with E-state index < -0.39 is 0 Å². The summed E-state index contributed by atoms with van der Waals surface area (Å²) < 4.78 is 1.42. The van der Waals surface area contributed by atoms with Crippen molar-refractivity contribution in [3.63, 3.8) is 0 Å². The van der Waals surface area contributed by atoms with Crippen molar-refractivity contribution in [1.29, 1.82) is 0 Å². The van der Waals surface area contributed by atoms with Crippen LogP contribution in [0.5, 0.6) is 0 Å². The molecule has 0 amide bonds. The average Bonchev–Trinajstić information content (AvgIpc) is 1.75. The van der Waals surface area contributed by atoms with Crippen molar-refractivity contribution >= 4 is 20.4 Å². The summed E-state index contributed by atoms with van der Waals surface area (Å²) in [4.78, 5) is 0. The van der Waals surface area contributed by atoms with Gasteiger partial charge in [0.2, 0.25) is 0 Å². The minimum atomic E-state index is 1.42. The Hall–Kier alpha value is 0.153. The first-order chi connectivity index (χ1) is 1.89. The Morgan fingerprint density at radius 3 is 1.75 bits per heavy atom. The van der Waals surface area contributed by atoms with Gasteiger partial charge in [0.05, 0.1) is 0 Å². The van der Waals surface area contributed by atoms with Gasteiger partial charge in [-0.2, -0.15) is 0 Å². The van der Waals surface area contributed by atoms with Crippen LogP contribution in [0.15, 0.2) is 12.2 Å². The summed E-state index contributed by atoms with van der Waals surface area (Å²) in [5, 5.41) is 0. The predicted molar refractivity (Wildman–Crippen MR) is 19.9 cm³/mol. The fraction of sp³-hybridized carbons (Fsp3) is 0. The van der Waals surface area contributed by atoms with Crippen molar-refractivity contribution in [2.75, 3.05) is 0 Å². The van der Waals surface area contributed by atoms with Gasteiger partial charge in [0.25, 0.3) is 0 Å². The van der Waals surface area contributed by atoms with E-state index in [0.29, 0.717) is 0 Å². The van der Waals surface area contributed by atoms with Crippen LogP contribution in [0.4, 0.5) is 0 Å². The van der Waals surface area contributed by atoms with E-state index in [-0.39, 0.29) is 0 Å². The first kappa shape index (κ1) is 2.39. The molecule has 4 heavy (non-hydrogen) atoms. The van der Waals surface area contributed by atoms with Gasteiger partial charge in [-0.1, -0.05) is 0 Å². The third-order valence-corrected chi connectivity index (χ3v) is 1.03. The summed E-state index contributed by atoms with van der Waals surface area (Å²) in [5.74, 6) is 0. The molecular weight excluding hydrogens is 109 g/mol. The maximum atomic E-state index is 2.08. The minimum absolute atomic E-state index is 1.42.